The molecule has 2 fully saturated rings. The second kappa shape index (κ2) is 2.12. The summed E-state index contributed by atoms with van der Waals surface area (Å²) < 4.78 is 36.3. The number of hydrogen-bond donors (Lipinski definition) is 1. The molecule has 3 unspecified atom stereocenters. The average molecular weight is 165 g/mol. The first kappa shape index (κ1) is 7.40. The summed E-state index contributed by atoms with van der Waals surface area (Å²) in [7, 11) is 0. The molecule has 11 heavy (non-hydrogen) atoms. The topological polar surface area (TPSA) is 12.0 Å². The van der Waals surface area contributed by atoms with Gasteiger partial charge in [-0.15, -0.1) is 0 Å². The van der Waals surface area contributed by atoms with Crippen molar-refractivity contribution in [2.24, 2.45) is 11.8 Å². The van der Waals surface area contributed by atoms with Crippen molar-refractivity contribution < 1.29 is 13.2 Å². The highest BCUT2D eigenvalue weighted by atomic mass is 19.4. The maximum absolute atomic E-state index is 12.1. The summed E-state index contributed by atoms with van der Waals surface area (Å²) in [6.45, 7) is 0.758. The molecule has 2 rings (SSSR count). The third-order valence-electron chi connectivity index (χ3n) is 2.64. The molecule has 64 valence electrons. The number of nitrogens with one attached hydrogen (secondary N) is 1. The minimum atomic E-state index is -3.97. The maximum atomic E-state index is 12.1. The number of rotatable bonds is 0. The van der Waals surface area contributed by atoms with Crippen LogP contribution in [0.5, 0.6) is 0 Å². The van der Waals surface area contributed by atoms with E-state index in [-0.39, 0.29) is 12.0 Å². The standard InChI is InChI=1S/C7H10F3N/c8-7(9,10)5-4-2-1-3-11-6(4)5/h4-6,11H,1-3H2. The minimum absolute atomic E-state index is 0.108. The van der Waals surface area contributed by atoms with Crippen LogP contribution in [-0.4, -0.2) is 18.8 Å². The molecule has 1 saturated heterocycles. The van der Waals surface area contributed by atoms with E-state index < -0.39 is 12.1 Å². The van der Waals surface area contributed by atoms with Crippen LogP contribution in [-0.2, 0) is 0 Å². The largest absolute Gasteiger partial charge is 0.393 e. The number of hydrogen-bond acceptors (Lipinski definition) is 1. The summed E-state index contributed by atoms with van der Waals surface area (Å²) in [6, 6.07) is -0.247. The van der Waals surface area contributed by atoms with Gasteiger partial charge in [0.15, 0.2) is 0 Å². The predicted molar refractivity (Wildman–Crippen MR) is 34.1 cm³/mol. The zero-order valence-corrected chi connectivity index (χ0v) is 5.99. The van der Waals surface area contributed by atoms with Crippen molar-refractivity contribution in [3.8, 4) is 0 Å². The lowest BCUT2D eigenvalue weighted by Gasteiger charge is -2.07. The van der Waals surface area contributed by atoms with Crippen LogP contribution in [0.4, 0.5) is 13.2 Å². The van der Waals surface area contributed by atoms with Gasteiger partial charge in [-0.25, -0.2) is 0 Å². The fraction of sp³-hybridized carbons (Fsp3) is 1.00. The fourth-order valence-electron chi connectivity index (χ4n) is 2.06. The smallest absolute Gasteiger partial charge is 0.313 e. The van der Waals surface area contributed by atoms with Gasteiger partial charge < -0.3 is 5.32 Å². The second-order valence-electron chi connectivity index (χ2n) is 3.35. The predicted octanol–water partition coefficient (Wildman–Crippen LogP) is 1.55. The normalized spacial score (nSPS) is 43.4. The van der Waals surface area contributed by atoms with Crippen LogP contribution in [0.3, 0.4) is 0 Å². The van der Waals surface area contributed by atoms with E-state index in [2.05, 4.69) is 5.32 Å². The van der Waals surface area contributed by atoms with Gasteiger partial charge in [-0.2, -0.15) is 13.2 Å². The van der Waals surface area contributed by atoms with Crippen LogP contribution < -0.4 is 5.32 Å². The number of fused-ring (bicyclic) bond motifs is 1. The molecule has 0 aromatic heterocycles. The summed E-state index contributed by atoms with van der Waals surface area (Å²) in [5, 5.41) is 2.89. The lowest BCUT2D eigenvalue weighted by Crippen LogP contribution is -2.26. The molecule has 0 aromatic carbocycles. The van der Waals surface area contributed by atoms with Gasteiger partial charge in [0.2, 0.25) is 0 Å². The van der Waals surface area contributed by atoms with Crippen LogP contribution >= 0.6 is 0 Å². The van der Waals surface area contributed by atoms with Crippen LogP contribution in [0.2, 0.25) is 0 Å². The highest BCUT2D eigenvalue weighted by Gasteiger charge is 2.64. The summed E-state index contributed by atoms with van der Waals surface area (Å²) in [6.07, 6.45) is -2.32. The molecule has 0 aromatic rings. The Labute approximate surface area is 63.0 Å². The quantitative estimate of drug-likeness (QED) is 0.574. The van der Waals surface area contributed by atoms with Crippen LogP contribution in [0.1, 0.15) is 12.8 Å². The van der Waals surface area contributed by atoms with E-state index in [1.807, 2.05) is 0 Å². The highest BCUT2D eigenvalue weighted by Crippen LogP contribution is 2.53. The Balaban J connectivity index is 2.00. The van der Waals surface area contributed by atoms with Gasteiger partial charge in [-0.1, -0.05) is 0 Å². The molecular weight excluding hydrogens is 155 g/mol. The summed E-state index contributed by atoms with van der Waals surface area (Å²) in [5.41, 5.74) is 0. The molecule has 0 spiro atoms. The van der Waals surface area contributed by atoms with Crippen LogP contribution in [0.25, 0.3) is 0 Å². The van der Waals surface area contributed by atoms with Crippen LogP contribution in [0.15, 0.2) is 0 Å². The van der Waals surface area contributed by atoms with Crippen molar-refractivity contribution in [3.63, 3.8) is 0 Å². The van der Waals surface area contributed by atoms with Gasteiger partial charge in [-0.3, -0.25) is 0 Å². The Hall–Kier alpha value is -0.250. The van der Waals surface area contributed by atoms with Crippen molar-refractivity contribution in [2.45, 2.75) is 25.1 Å². The van der Waals surface area contributed by atoms with Crippen LogP contribution in [0, 0.1) is 11.8 Å². The van der Waals surface area contributed by atoms with E-state index in [1.54, 1.807) is 0 Å². The summed E-state index contributed by atoms with van der Waals surface area (Å²) in [5.74, 6) is -1.14. The summed E-state index contributed by atoms with van der Waals surface area (Å²) >= 11 is 0. The first-order valence-corrected chi connectivity index (χ1v) is 3.91. The van der Waals surface area contributed by atoms with Gasteiger partial charge in [0.05, 0.1) is 5.92 Å². The van der Waals surface area contributed by atoms with Gasteiger partial charge in [-0.05, 0) is 25.3 Å². The lowest BCUT2D eigenvalue weighted by atomic mass is 10.1. The molecule has 0 radical (unpaired) electrons. The Morgan fingerprint density at radius 1 is 1.27 bits per heavy atom. The molecule has 3 atom stereocenters. The van der Waals surface area contributed by atoms with Gasteiger partial charge >= 0.3 is 6.18 Å². The zero-order chi connectivity index (χ0) is 8.06. The summed E-state index contributed by atoms with van der Waals surface area (Å²) in [4.78, 5) is 0. The molecule has 1 nitrogen and oxygen atoms in total. The molecule has 1 aliphatic carbocycles. The molecule has 1 heterocycles. The lowest BCUT2D eigenvalue weighted by molar-refractivity contribution is -0.152. The molecule has 1 aliphatic heterocycles. The van der Waals surface area contributed by atoms with Gasteiger partial charge in [0.1, 0.15) is 0 Å². The number of alkyl halides is 3. The zero-order valence-electron chi connectivity index (χ0n) is 5.99. The van der Waals surface area contributed by atoms with Gasteiger partial charge in [0, 0.05) is 6.04 Å². The molecule has 0 bridgehead atoms. The average Bonchev–Trinajstić information content (AvgIpc) is 2.58. The third kappa shape index (κ3) is 1.13. The molecule has 0 amide bonds. The molecule has 1 saturated carbocycles. The van der Waals surface area contributed by atoms with E-state index in [0.717, 1.165) is 19.4 Å². The van der Waals surface area contributed by atoms with E-state index in [1.165, 1.54) is 0 Å². The van der Waals surface area contributed by atoms with Crippen molar-refractivity contribution in [1.82, 2.24) is 5.32 Å². The monoisotopic (exact) mass is 165 g/mol. The Kier molecular flexibility index (Phi) is 1.43. The molecule has 2 aliphatic rings. The molecular formula is C7H10F3N. The Morgan fingerprint density at radius 3 is 2.45 bits per heavy atom. The fourth-order valence-corrected chi connectivity index (χ4v) is 2.06. The van der Waals surface area contributed by atoms with Crippen molar-refractivity contribution in [1.29, 1.82) is 0 Å². The molecule has 1 N–H and O–H groups in total. The van der Waals surface area contributed by atoms with Gasteiger partial charge in [0.25, 0.3) is 0 Å². The van der Waals surface area contributed by atoms with E-state index in [9.17, 15) is 13.2 Å². The highest BCUT2D eigenvalue weighted by molar-refractivity contribution is 5.08. The number of piperidine rings is 1. The van der Waals surface area contributed by atoms with E-state index in [4.69, 9.17) is 0 Å². The van der Waals surface area contributed by atoms with Crippen molar-refractivity contribution in [2.75, 3.05) is 6.54 Å². The third-order valence-corrected chi connectivity index (χ3v) is 2.64. The second-order valence-corrected chi connectivity index (χ2v) is 3.35. The Bertz CT molecular complexity index is 154. The molecule has 4 heteroatoms. The first-order valence-electron chi connectivity index (χ1n) is 3.91. The van der Waals surface area contributed by atoms with Crippen molar-refractivity contribution >= 4 is 0 Å². The first-order chi connectivity index (χ1) is 5.11. The maximum Gasteiger partial charge on any atom is 0.393 e. The number of halogens is 3. The minimum Gasteiger partial charge on any atom is -0.313 e. The van der Waals surface area contributed by atoms with E-state index in [0.29, 0.717) is 0 Å². The van der Waals surface area contributed by atoms with Crippen molar-refractivity contribution in [3.05, 3.63) is 0 Å². The SMILES string of the molecule is FC(F)(F)C1C2CCCNC21. The van der Waals surface area contributed by atoms with E-state index >= 15 is 0 Å². The Morgan fingerprint density at radius 2 is 2.00 bits per heavy atom.